The van der Waals surface area contributed by atoms with Gasteiger partial charge in [-0.3, -0.25) is 4.90 Å². The standard InChI is InChI=1S/C29H43NO6/c1-2-3-4-5-6-7-16-34-27(32)35-22-11-10-20-17-23-29(33)13-12-21(31)26-28(29,24(20)25(22)36-26)14-15-30(23)18-19-8-9-19/h10-11,19-21,23-24,26,31,33H,2-9,12-18H2,1H3/t20?,21?,23?,24?,26-,28-,29+/m0/s1. The van der Waals surface area contributed by atoms with E-state index in [0.717, 1.165) is 51.1 Å². The fourth-order valence-electron chi connectivity index (χ4n) is 8.29. The molecule has 200 valence electrons. The third-order valence-corrected chi connectivity index (χ3v) is 10.1. The summed E-state index contributed by atoms with van der Waals surface area (Å²) in [6, 6.07) is 0.0838. The summed E-state index contributed by atoms with van der Waals surface area (Å²) >= 11 is 0. The second-order valence-electron chi connectivity index (χ2n) is 12.2. The van der Waals surface area contributed by atoms with E-state index in [1.54, 1.807) is 0 Å². The number of hydrogen-bond acceptors (Lipinski definition) is 7. The zero-order chi connectivity index (χ0) is 24.9. The fourth-order valence-corrected chi connectivity index (χ4v) is 8.29. The van der Waals surface area contributed by atoms with Gasteiger partial charge in [0.15, 0.2) is 5.76 Å². The molecule has 6 aliphatic rings. The maximum Gasteiger partial charge on any atom is 0.513 e. The van der Waals surface area contributed by atoms with Crippen LogP contribution in [0.15, 0.2) is 23.7 Å². The van der Waals surface area contributed by atoms with Gasteiger partial charge in [0.25, 0.3) is 0 Å². The van der Waals surface area contributed by atoms with Crippen LogP contribution in [-0.4, -0.2) is 64.8 Å². The lowest BCUT2D eigenvalue weighted by Gasteiger charge is -2.66. The number of hydrogen-bond donors (Lipinski definition) is 2. The van der Waals surface area contributed by atoms with Gasteiger partial charge in [0.2, 0.25) is 0 Å². The van der Waals surface area contributed by atoms with Gasteiger partial charge in [-0.25, -0.2) is 4.79 Å². The number of allylic oxidation sites excluding steroid dienone is 3. The molecular weight excluding hydrogens is 458 g/mol. The van der Waals surface area contributed by atoms with E-state index in [-0.39, 0.29) is 17.9 Å². The summed E-state index contributed by atoms with van der Waals surface area (Å²) in [5.74, 6) is 1.92. The number of likely N-dealkylation sites (tertiary alicyclic amines) is 1. The molecule has 36 heavy (non-hydrogen) atoms. The highest BCUT2D eigenvalue weighted by Crippen LogP contribution is 2.70. The van der Waals surface area contributed by atoms with Crippen LogP contribution >= 0.6 is 0 Å². The molecule has 4 unspecified atom stereocenters. The maximum absolute atomic E-state index is 12.5. The average Bonchev–Trinajstić information content (AvgIpc) is 3.60. The van der Waals surface area contributed by atoms with Crippen LogP contribution in [0, 0.1) is 23.2 Å². The molecule has 0 radical (unpaired) electrons. The van der Waals surface area contributed by atoms with E-state index in [0.29, 0.717) is 31.0 Å². The van der Waals surface area contributed by atoms with E-state index in [2.05, 4.69) is 17.9 Å². The van der Waals surface area contributed by atoms with Gasteiger partial charge in [-0.1, -0.05) is 45.1 Å². The summed E-state index contributed by atoms with van der Waals surface area (Å²) in [6.45, 7) is 4.55. The van der Waals surface area contributed by atoms with Crippen molar-refractivity contribution in [1.82, 2.24) is 4.90 Å². The van der Waals surface area contributed by atoms with Crippen molar-refractivity contribution in [3.8, 4) is 0 Å². The minimum Gasteiger partial charge on any atom is -0.487 e. The Kier molecular flexibility index (Phi) is 6.62. The fraction of sp³-hybridized carbons (Fsp3) is 0.828. The monoisotopic (exact) mass is 501 g/mol. The molecule has 2 bridgehead atoms. The number of aliphatic hydroxyl groups excluding tert-OH is 1. The number of carbonyl (C=O) groups excluding carboxylic acids is 1. The van der Waals surface area contributed by atoms with Crippen LogP contribution in [-0.2, 0) is 14.2 Å². The number of unbranched alkanes of at least 4 members (excludes halogenated alkanes) is 5. The number of nitrogens with zero attached hydrogens (tertiary/aromatic N) is 1. The molecule has 2 aliphatic heterocycles. The lowest BCUT2D eigenvalue weighted by Crippen LogP contribution is -2.77. The van der Waals surface area contributed by atoms with Gasteiger partial charge in [0.05, 0.1) is 23.7 Å². The first kappa shape index (κ1) is 24.7. The van der Waals surface area contributed by atoms with E-state index in [9.17, 15) is 15.0 Å². The van der Waals surface area contributed by atoms with E-state index < -0.39 is 29.4 Å². The number of aliphatic hydroxyl groups is 2. The van der Waals surface area contributed by atoms with Crippen molar-refractivity contribution in [3.05, 3.63) is 23.7 Å². The first-order valence-electron chi connectivity index (χ1n) is 14.6. The summed E-state index contributed by atoms with van der Waals surface area (Å²) < 4.78 is 17.5. The molecular formula is C29H43NO6. The van der Waals surface area contributed by atoms with Crippen LogP contribution < -0.4 is 0 Å². The third kappa shape index (κ3) is 3.92. The molecule has 0 amide bonds. The highest BCUT2D eigenvalue weighted by atomic mass is 16.7. The van der Waals surface area contributed by atoms with E-state index >= 15 is 0 Å². The van der Waals surface area contributed by atoms with Crippen LogP contribution in [0.4, 0.5) is 4.79 Å². The Balaban J connectivity index is 1.19. The molecule has 0 aromatic carbocycles. The van der Waals surface area contributed by atoms with Gasteiger partial charge >= 0.3 is 6.16 Å². The quantitative estimate of drug-likeness (QED) is 0.332. The summed E-state index contributed by atoms with van der Waals surface area (Å²) in [7, 11) is 0. The molecule has 3 saturated carbocycles. The van der Waals surface area contributed by atoms with Crippen LogP contribution in [0.1, 0.15) is 84.0 Å². The van der Waals surface area contributed by atoms with Gasteiger partial charge in [0.1, 0.15) is 11.9 Å². The molecule has 1 spiro atoms. The Labute approximate surface area is 214 Å². The van der Waals surface area contributed by atoms with Crippen molar-refractivity contribution in [2.75, 3.05) is 19.7 Å². The minimum atomic E-state index is -0.901. The molecule has 0 aromatic rings. The smallest absolute Gasteiger partial charge is 0.487 e. The lowest BCUT2D eigenvalue weighted by atomic mass is 9.44. The van der Waals surface area contributed by atoms with Crippen molar-refractivity contribution in [1.29, 1.82) is 0 Å². The molecule has 5 fully saturated rings. The molecule has 6 rings (SSSR count). The summed E-state index contributed by atoms with van der Waals surface area (Å²) in [5, 5.41) is 23.5. The number of ether oxygens (including phenoxy) is 3. The van der Waals surface area contributed by atoms with E-state index in [4.69, 9.17) is 14.2 Å². The second-order valence-corrected chi connectivity index (χ2v) is 12.2. The van der Waals surface area contributed by atoms with Crippen molar-refractivity contribution in [3.63, 3.8) is 0 Å². The first-order chi connectivity index (χ1) is 17.5. The highest BCUT2D eigenvalue weighted by Gasteiger charge is 2.77. The first-order valence-corrected chi connectivity index (χ1v) is 14.6. The van der Waals surface area contributed by atoms with Crippen molar-refractivity contribution in [2.45, 2.75) is 108 Å². The average molecular weight is 502 g/mol. The predicted molar refractivity (Wildman–Crippen MR) is 134 cm³/mol. The lowest BCUT2D eigenvalue weighted by molar-refractivity contribution is -0.267. The molecule has 2 saturated heterocycles. The normalized spacial score (nSPS) is 40.6. The predicted octanol–water partition coefficient (Wildman–Crippen LogP) is 4.67. The molecule has 0 aromatic heterocycles. The molecule has 2 heterocycles. The Morgan fingerprint density at radius 1 is 1.17 bits per heavy atom. The van der Waals surface area contributed by atoms with Gasteiger partial charge in [-0.05, 0) is 69.4 Å². The Hall–Kier alpha value is -1.57. The van der Waals surface area contributed by atoms with Crippen LogP contribution in [0.2, 0.25) is 0 Å². The SMILES string of the molecule is CCCCCCCCOC(=O)OC1=C2O[C@H]3C(O)CC[C@@]4(O)C5CC(C=C1)C2[C@@]34CCN5CC1CC1. The number of piperidine rings is 1. The largest absolute Gasteiger partial charge is 0.513 e. The summed E-state index contributed by atoms with van der Waals surface area (Å²) in [4.78, 5) is 15.1. The van der Waals surface area contributed by atoms with Crippen molar-refractivity contribution >= 4 is 6.16 Å². The summed E-state index contributed by atoms with van der Waals surface area (Å²) in [6.07, 6.45) is 14.3. The van der Waals surface area contributed by atoms with Gasteiger partial charge in [-0.15, -0.1) is 0 Å². The highest BCUT2D eigenvalue weighted by molar-refractivity contribution is 5.62. The second kappa shape index (κ2) is 9.63. The Morgan fingerprint density at radius 2 is 1.97 bits per heavy atom. The Bertz CT molecular complexity index is 913. The van der Waals surface area contributed by atoms with Crippen LogP contribution in [0.3, 0.4) is 0 Å². The number of rotatable bonds is 10. The van der Waals surface area contributed by atoms with Gasteiger partial charge in [-0.2, -0.15) is 0 Å². The van der Waals surface area contributed by atoms with Gasteiger partial charge < -0.3 is 24.4 Å². The van der Waals surface area contributed by atoms with Crippen molar-refractivity contribution in [2.24, 2.45) is 23.2 Å². The molecule has 4 aliphatic carbocycles. The maximum atomic E-state index is 12.5. The van der Waals surface area contributed by atoms with Crippen LogP contribution in [0.5, 0.6) is 0 Å². The van der Waals surface area contributed by atoms with E-state index in [1.165, 1.54) is 32.1 Å². The van der Waals surface area contributed by atoms with Crippen molar-refractivity contribution < 1.29 is 29.2 Å². The van der Waals surface area contributed by atoms with Gasteiger partial charge in [0, 0.05) is 18.5 Å². The summed E-state index contributed by atoms with van der Waals surface area (Å²) in [5.41, 5.74) is -1.45. The van der Waals surface area contributed by atoms with E-state index in [1.807, 2.05) is 6.08 Å². The minimum absolute atomic E-state index is 0.0758. The molecule has 7 nitrogen and oxygen atoms in total. The third-order valence-electron chi connectivity index (χ3n) is 10.1. The Morgan fingerprint density at radius 3 is 2.78 bits per heavy atom. The molecule has 7 atom stereocenters. The zero-order valence-electron chi connectivity index (χ0n) is 21.7. The zero-order valence-corrected chi connectivity index (χ0v) is 21.7. The molecule has 7 heteroatoms. The van der Waals surface area contributed by atoms with Crippen LogP contribution in [0.25, 0.3) is 0 Å². The topological polar surface area (TPSA) is 88.5 Å². The number of carbonyl (C=O) groups is 1. The molecule has 2 N–H and O–H groups in total.